The lowest BCUT2D eigenvalue weighted by Gasteiger charge is -2.37. The summed E-state index contributed by atoms with van der Waals surface area (Å²) in [5, 5.41) is 0. The Kier molecular flexibility index (Phi) is 3.51. The second kappa shape index (κ2) is 4.13. The Hall–Kier alpha value is -0.180. The summed E-state index contributed by atoms with van der Waals surface area (Å²) >= 11 is 0. The Balaban J connectivity index is 2.86. The normalized spacial score (nSPS) is 18.6. The fourth-order valence-electron chi connectivity index (χ4n) is 1.31. The molecule has 1 aromatic rings. The van der Waals surface area contributed by atoms with Crippen LogP contribution in [0.2, 0.25) is 0 Å². The number of benzene rings is 1. The molecule has 0 saturated heterocycles. The van der Waals surface area contributed by atoms with Crippen LogP contribution in [0.15, 0.2) is 35.2 Å². The number of halogens is 1. The molecule has 0 aliphatic carbocycles. The molecule has 1 unspecified atom stereocenters. The van der Waals surface area contributed by atoms with E-state index in [1.54, 1.807) is 0 Å². The lowest BCUT2D eigenvalue weighted by Crippen LogP contribution is -2.35. The van der Waals surface area contributed by atoms with Crippen molar-refractivity contribution in [3.8, 4) is 0 Å². The van der Waals surface area contributed by atoms with Crippen molar-refractivity contribution in [3.63, 3.8) is 0 Å². The molecule has 0 heterocycles. The molecular formula is C11H18ClNS. The molecule has 14 heavy (non-hydrogen) atoms. The summed E-state index contributed by atoms with van der Waals surface area (Å²) in [7, 11) is 5.12. The van der Waals surface area contributed by atoms with E-state index in [4.69, 9.17) is 10.7 Å². The van der Waals surface area contributed by atoms with E-state index < -0.39 is 9.43 Å². The van der Waals surface area contributed by atoms with E-state index in [0.717, 1.165) is 0 Å². The first kappa shape index (κ1) is 11.9. The predicted octanol–water partition coefficient (Wildman–Crippen LogP) is 3.94. The predicted molar refractivity (Wildman–Crippen MR) is 67.0 cm³/mol. The van der Waals surface area contributed by atoms with Crippen LogP contribution in [0.4, 0.5) is 0 Å². The molecule has 3 heteroatoms. The first-order valence-corrected chi connectivity index (χ1v) is 7.50. The van der Waals surface area contributed by atoms with E-state index in [0.29, 0.717) is 0 Å². The highest BCUT2D eigenvalue weighted by Crippen LogP contribution is 2.54. The van der Waals surface area contributed by atoms with Gasteiger partial charge in [0.15, 0.2) is 0 Å². The first-order valence-electron chi connectivity index (χ1n) is 4.63. The summed E-state index contributed by atoms with van der Waals surface area (Å²) in [6.07, 6.45) is 2.06. The summed E-state index contributed by atoms with van der Waals surface area (Å²) in [5.74, 6) is 0. The molecule has 1 nitrogen and oxygen atoms in total. The smallest absolute Gasteiger partial charge is 0.0196 e. The van der Waals surface area contributed by atoms with Crippen LogP contribution in [0.3, 0.4) is 0 Å². The van der Waals surface area contributed by atoms with Gasteiger partial charge in [-0.3, -0.25) is 4.72 Å². The van der Waals surface area contributed by atoms with E-state index in [1.807, 2.05) is 18.2 Å². The third-order valence-electron chi connectivity index (χ3n) is 1.68. The lowest BCUT2D eigenvalue weighted by molar-refractivity contribution is 0.532. The van der Waals surface area contributed by atoms with Crippen molar-refractivity contribution in [2.45, 2.75) is 31.2 Å². The number of hydrogen-bond acceptors (Lipinski definition) is 1. The lowest BCUT2D eigenvalue weighted by atomic mass is 10.1. The van der Waals surface area contributed by atoms with Gasteiger partial charge >= 0.3 is 0 Å². The summed E-state index contributed by atoms with van der Waals surface area (Å²) < 4.78 is 3.46. The minimum Gasteiger partial charge on any atom is -0.260 e. The molecule has 0 fully saturated rings. The maximum atomic E-state index is 6.52. The van der Waals surface area contributed by atoms with Crippen molar-refractivity contribution in [3.05, 3.63) is 30.3 Å². The Morgan fingerprint density at radius 3 is 2.07 bits per heavy atom. The third kappa shape index (κ3) is 3.52. The molecular weight excluding hydrogens is 214 g/mol. The number of hydrogen-bond donors (Lipinski definition) is 1. The van der Waals surface area contributed by atoms with Gasteiger partial charge in [-0.15, -0.1) is 0 Å². The molecule has 1 N–H and O–H groups in total. The monoisotopic (exact) mass is 231 g/mol. The van der Waals surface area contributed by atoms with Crippen molar-refractivity contribution in [2.24, 2.45) is 0 Å². The zero-order valence-corrected chi connectivity index (χ0v) is 10.7. The Bertz CT molecular complexity index is 290. The molecule has 0 amide bonds. The first-order chi connectivity index (χ1) is 6.31. The van der Waals surface area contributed by atoms with Crippen LogP contribution in [0.1, 0.15) is 20.8 Å². The van der Waals surface area contributed by atoms with E-state index in [1.165, 1.54) is 4.90 Å². The zero-order chi connectivity index (χ0) is 10.8. The molecule has 0 aliphatic rings. The van der Waals surface area contributed by atoms with Crippen LogP contribution in [0.5, 0.6) is 0 Å². The summed E-state index contributed by atoms with van der Waals surface area (Å²) in [6.45, 7) is 6.39. The van der Waals surface area contributed by atoms with Gasteiger partial charge in [-0.05, 0) is 49.8 Å². The van der Waals surface area contributed by atoms with Gasteiger partial charge in [0.05, 0.1) is 0 Å². The van der Waals surface area contributed by atoms with Crippen molar-refractivity contribution in [2.75, 3.05) is 6.26 Å². The largest absolute Gasteiger partial charge is 0.260 e. The summed E-state index contributed by atoms with van der Waals surface area (Å²) in [5.41, 5.74) is 0.0433. The average Bonchev–Trinajstić information content (AvgIpc) is 2.01. The highest BCUT2D eigenvalue weighted by atomic mass is 35.7. The second-order valence-electron chi connectivity index (χ2n) is 4.48. The van der Waals surface area contributed by atoms with Crippen LogP contribution in [0.25, 0.3) is 0 Å². The van der Waals surface area contributed by atoms with Crippen LogP contribution in [-0.2, 0) is 0 Å². The van der Waals surface area contributed by atoms with Crippen molar-refractivity contribution in [1.29, 1.82) is 0 Å². The average molecular weight is 232 g/mol. The van der Waals surface area contributed by atoms with Crippen molar-refractivity contribution in [1.82, 2.24) is 4.72 Å². The van der Waals surface area contributed by atoms with E-state index in [9.17, 15) is 0 Å². The summed E-state index contributed by atoms with van der Waals surface area (Å²) in [4.78, 5) is 1.18. The van der Waals surface area contributed by atoms with Gasteiger partial charge in [0, 0.05) is 10.4 Å². The van der Waals surface area contributed by atoms with Gasteiger partial charge in [-0.2, -0.15) is 0 Å². The molecule has 0 saturated carbocycles. The number of rotatable bonds is 2. The van der Waals surface area contributed by atoms with E-state index >= 15 is 0 Å². The quantitative estimate of drug-likeness (QED) is 0.813. The van der Waals surface area contributed by atoms with Gasteiger partial charge in [0.2, 0.25) is 0 Å². The Labute approximate surface area is 92.8 Å². The van der Waals surface area contributed by atoms with E-state index in [2.05, 4.69) is 43.9 Å². The summed E-state index contributed by atoms with van der Waals surface area (Å²) in [6, 6.07) is 10.2. The highest BCUT2D eigenvalue weighted by molar-refractivity contribution is 8.49. The minimum atomic E-state index is -1.40. The van der Waals surface area contributed by atoms with Gasteiger partial charge in [0.25, 0.3) is 0 Å². The molecule has 1 rings (SSSR count). The number of nitrogens with one attached hydrogen (secondary N) is 1. The van der Waals surface area contributed by atoms with Crippen LogP contribution < -0.4 is 4.72 Å². The molecule has 1 atom stereocenters. The fourth-order valence-corrected chi connectivity index (χ4v) is 4.25. The van der Waals surface area contributed by atoms with Gasteiger partial charge in [-0.25, -0.2) is 0 Å². The Morgan fingerprint density at radius 2 is 1.64 bits per heavy atom. The van der Waals surface area contributed by atoms with Gasteiger partial charge in [0.1, 0.15) is 0 Å². The fraction of sp³-hybridized carbons (Fsp3) is 0.455. The van der Waals surface area contributed by atoms with Crippen molar-refractivity contribution < 1.29 is 0 Å². The minimum absolute atomic E-state index is 0.0433. The van der Waals surface area contributed by atoms with Crippen LogP contribution in [-0.4, -0.2) is 11.8 Å². The maximum Gasteiger partial charge on any atom is 0.0196 e. The van der Waals surface area contributed by atoms with Gasteiger partial charge in [-0.1, -0.05) is 27.6 Å². The molecule has 0 radical (unpaired) electrons. The molecule has 0 aliphatic heterocycles. The topological polar surface area (TPSA) is 12.0 Å². The molecule has 0 spiro atoms. The zero-order valence-electron chi connectivity index (χ0n) is 9.17. The molecule has 0 bridgehead atoms. The molecule has 0 aromatic heterocycles. The van der Waals surface area contributed by atoms with E-state index in [-0.39, 0.29) is 5.54 Å². The third-order valence-corrected chi connectivity index (χ3v) is 4.60. The Morgan fingerprint density at radius 1 is 1.14 bits per heavy atom. The van der Waals surface area contributed by atoms with Gasteiger partial charge < -0.3 is 0 Å². The highest BCUT2D eigenvalue weighted by Gasteiger charge is 2.23. The van der Waals surface area contributed by atoms with Crippen LogP contribution >= 0.6 is 20.1 Å². The molecule has 80 valence electrons. The second-order valence-corrected chi connectivity index (χ2v) is 8.65. The van der Waals surface area contributed by atoms with Crippen LogP contribution in [0, 0.1) is 0 Å². The standard InChI is InChI=1S/C11H18ClNS/c1-11(2,3)13-14(4,12)10-8-6-5-7-9-10/h5-9,13H,1-4H3. The molecule has 1 aromatic carbocycles. The SMILES string of the molecule is CC(C)(C)NS(C)(Cl)c1ccccc1. The maximum absolute atomic E-state index is 6.52. The van der Waals surface area contributed by atoms with Crippen molar-refractivity contribution >= 4 is 20.1 Å².